The van der Waals surface area contributed by atoms with E-state index >= 15 is 0 Å². The predicted octanol–water partition coefficient (Wildman–Crippen LogP) is 2.59. The van der Waals surface area contributed by atoms with Gasteiger partial charge in [0.15, 0.2) is 0 Å². The van der Waals surface area contributed by atoms with Gasteiger partial charge in [0.2, 0.25) is 0 Å². The van der Waals surface area contributed by atoms with Gasteiger partial charge in [-0.2, -0.15) is 14.6 Å². The molecule has 1 N–H and O–H groups in total. The van der Waals surface area contributed by atoms with Crippen LogP contribution >= 0.6 is 0 Å². The van der Waals surface area contributed by atoms with Crippen molar-refractivity contribution in [2.24, 2.45) is 0 Å². The topological polar surface area (TPSA) is 72.9 Å². The largest absolute Gasteiger partial charge is 0.368 e. The van der Waals surface area contributed by atoms with Crippen molar-refractivity contribution in [3.05, 3.63) is 60.4 Å². The number of nitrogens with zero attached hydrogens (tertiary/aromatic N) is 6. The number of benzene rings is 1. The second-order valence-corrected chi connectivity index (χ2v) is 6.48. The molecule has 1 aliphatic rings. The molecule has 0 unspecified atom stereocenters. The summed E-state index contributed by atoms with van der Waals surface area (Å²) in [5.74, 6) is 1.70. The van der Waals surface area contributed by atoms with Gasteiger partial charge in [0.25, 0.3) is 5.78 Å². The number of aryl methyl sites for hydroxylation is 1. The van der Waals surface area contributed by atoms with Crippen LogP contribution in [0.25, 0.3) is 17.0 Å². The Morgan fingerprint density at radius 2 is 2.04 bits per heavy atom. The fourth-order valence-electron chi connectivity index (χ4n) is 3.65. The lowest BCUT2D eigenvalue weighted by Gasteiger charge is -2.14. The molecule has 0 bridgehead atoms. The van der Waals surface area contributed by atoms with E-state index in [9.17, 15) is 0 Å². The number of hydrogen-bond donors (Lipinski definition) is 1. The highest BCUT2D eigenvalue weighted by atomic mass is 15.4. The number of aromatic nitrogens is 6. The first-order valence-corrected chi connectivity index (χ1v) is 8.91. The van der Waals surface area contributed by atoms with Gasteiger partial charge in [0, 0.05) is 18.7 Å². The molecule has 0 saturated heterocycles. The van der Waals surface area contributed by atoms with Crippen molar-refractivity contribution < 1.29 is 0 Å². The number of anilines is 1. The van der Waals surface area contributed by atoms with Gasteiger partial charge in [0.1, 0.15) is 12.1 Å². The number of hydrogen-bond acceptors (Lipinski definition) is 5. The Hall–Kier alpha value is -3.22. The molecule has 3 heterocycles. The highest BCUT2D eigenvalue weighted by molar-refractivity contribution is 5.58. The maximum atomic E-state index is 4.62. The molecule has 5 rings (SSSR count). The van der Waals surface area contributed by atoms with E-state index in [1.165, 1.54) is 11.1 Å². The maximum absolute atomic E-state index is 4.62. The van der Waals surface area contributed by atoms with Crippen LogP contribution in [0.1, 0.15) is 17.7 Å². The van der Waals surface area contributed by atoms with Crippen LogP contribution < -0.4 is 5.32 Å². The maximum Gasteiger partial charge on any atom is 0.254 e. The Morgan fingerprint density at radius 3 is 2.96 bits per heavy atom. The molecule has 0 atom stereocenters. The van der Waals surface area contributed by atoms with Crippen LogP contribution in [0.15, 0.2) is 49.2 Å². The van der Waals surface area contributed by atoms with Crippen LogP contribution in [0.2, 0.25) is 0 Å². The van der Waals surface area contributed by atoms with Gasteiger partial charge >= 0.3 is 0 Å². The fraction of sp³-hybridized carbons (Fsp3) is 0.263. The molecule has 1 aliphatic carbocycles. The first-order chi connectivity index (χ1) is 12.9. The van der Waals surface area contributed by atoms with Crippen LogP contribution in [0.4, 0.5) is 5.82 Å². The summed E-state index contributed by atoms with van der Waals surface area (Å²) in [6, 6.07) is 10.3. The second-order valence-electron chi connectivity index (χ2n) is 6.48. The van der Waals surface area contributed by atoms with Crippen molar-refractivity contribution in [1.82, 2.24) is 29.1 Å². The molecule has 4 aromatic rings. The summed E-state index contributed by atoms with van der Waals surface area (Å²) in [5, 5.41) is 7.90. The summed E-state index contributed by atoms with van der Waals surface area (Å²) in [6.07, 6.45) is 8.56. The third-order valence-corrected chi connectivity index (χ3v) is 4.88. The fourth-order valence-corrected chi connectivity index (χ4v) is 3.65. The van der Waals surface area contributed by atoms with Crippen LogP contribution in [-0.4, -0.2) is 35.7 Å². The van der Waals surface area contributed by atoms with Gasteiger partial charge in [-0.3, -0.25) is 0 Å². The lowest BCUT2D eigenvalue weighted by molar-refractivity contribution is 0.727. The average molecular weight is 345 g/mol. The summed E-state index contributed by atoms with van der Waals surface area (Å²) in [6.45, 7) is 1.60. The summed E-state index contributed by atoms with van der Waals surface area (Å²) in [4.78, 5) is 13.2. The number of nitrogens with one attached hydrogen (secondary N) is 1. The molecule has 0 aliphatic heterocycles. The molecule has 1 aromatic carbocycles. The molecule has 130 valence electrons. The highest BCUT2D eigenvalue weighted by Crippen LogP contribution is 2.27. The van der Waals surface area contributed by atoms with E-state index in [2.05, 4.69) is 42.1 Å². The van der Waals surface area contributed by atoms with Crippen molar-refractivity contribution in [2.75, 3.05) is 11.9 Å². The zero-order valence-corrected chi connectivity index (χ0v) is 14.3. The van der Waals surface area contributed by atoms with E-state index in [1.54, 1.807) is 6.33 Å². The average Bonchev–Trinajstić information content (AvgIpc) is 3.42. The molecule has 0 amide bonds. The van der Waals surface area contributed by atoms with Crippen molar-refractivity contribution >= 4 is 11.6 Å². The van der Waals surface area contributed by atoms with Gasteiger partial charge in [-0.05, 0) is 24.8 Å². The first-order valence-electron chi connectivity index (χ1n) is 8.91. The Balaban J connectivity index is 1.38. The minimum absolute atomic E-state index is 0.667. The molecular formula is C19H19N7. The number of rotatable bonds is 5. The van der Waals surface area contributed by atoms with Crippen molar-refractivity contribution in [3.8, 4) is 11.3 Å². The van der Waals surface area contributed by atoms with Gasteiger partial charge in [-0.15, -0.1) is 0 Å². The van der Waals surface area contributed by atoms with Gasteiger partial charge in [-0.1, -0.05) is 30.3 Å². The zero-order chi connectivity index (χ0) is 17.3. The predicted molar refractivity (Wildman–Crippen MR) is 99.0 cm³/mol. The normalized spacial score (nSPS) is 13.2. The summed E-state index contributed by atoms with van der Waals surface area (Å²) in [5.41, 5.74) is 4.73. The Labute approximate surface area is 150 Å². The smallest absolute Gasteiger partial charge is 0.254 e. The SMILES string of the molecule is c1ccc(-c2cncn2CCNc2c3c(nc4ncnn24)CCC3)cc1. The monoisotopic (exact) mass is 345 g/mol. The van der Waals surface area contributed by atoms with Gasteiger partial charge in [-0.25, -0.2) is 9.97 Å². The Bertz CT molecular complexity index is 1050. The molecule has 0 fully saturated rings. The minimum atomic E-state index is 0.667. The third kappa shape index (κ3) is 2.52. The van der Waals surface area contributed by atoms with E-state index in [0.717, 1.165) is 49.6 Å². The lowest BCUT2D eigenvalue weighted by atomic mass is 10.2. The number of imidazole rings is 1. The van der Waals surface area contributed by atoms with Gasteiger partial charge in [0.05, 0.1) is 23.9 Å². The van der Waals surface area contributed by atoms with Crippen molar-refractivity contribution in [3.63, 3.8) is 0 Å². The third-order valence-electron chi connectivity index (χ3n) is 4.88. The van der Waals surface area contributed by atoms with E-state index in [4.69, 9.17) is 0 Å². The van der Waals surface area contributed by atoms with E-state index < -0.39 is 0 Å². The van der Waals surface area contributed by atoms with Crippen LogP contribution in [-0.2, 0) is 19.4 Å². The Kier molecular flexibility index (Phi) is 3.62. The summed E-state index contributed by atoms with van der Waals surface area (Å²) in [7, 11) is 0. The van der Waals surface area contributed by atoms with Crippen LogP contribution in [0, 0.1) is 0 Å². The summed E-state index contributed by atoms with van der Waals surface area (Å²) < 4.78 is 3.98. The molecule has 7 heteroatoms. The van der Waals surface area contributed by atoms with Crippen molar-refractivity contribution in [2.45, 2.75) is 25.8 Å². The number of fused-ring (bicyclic) bond motifs is 2. The minimum Gasteiger partial charge on any atom is -0.368 e. The molecular weight excluding hydrogens is 326 g/mol. The standard InChI is InChI=1S/C19H19N7/c1-2-5-14(6-3-1)17-11-20-13-25(17)10-9-21-18-15-7-4-8-16(15)24-19-22-12-23-26(18)19/h1-3,5-6,11-13,21H,4,7-10H2. The second kappa shape index (κ2) is 6.25. The van der Waals surface area contributed by atoms with Gasteiger partial charge < -0.3 is 9.88 Å². The van der Waals surface area contributed by atoms with E-state index in [1.807, 2.05) is 35.2 Å². The lowest BCUT2D eigenvalue weighted by Crippen LogP contribution is -2.15. The quantitative estimate of drug-likeness (QED) is 0.602. The molecule has 0 radical (unpaired) electrons. The van der Waals surface area contributed by atoms with Crippen LogP contribution in [0.3, 0.4) is 0 Å². The molecule has 26 heavy (non-hydrogen) atoms. The molecule has 0 spiro atoms. The Morgan fingerprint density at radius 1 is 1.12 bits per heavy atom. The van der Waals surface area contributed by atoms with E-state index in [0.29, 0.717) is 5.78 Å². The van der Waals surface area contributed by atoms with Crippen LogP contribution in [0.5, 0.6) is 0 Å². The molecule has 7 nitrogen and oxygen atoms in total. The highest BCUT2D eigenvalue weighted by Gasteiger charge is 2.20. The first kappa shape index (κ1) is 15.1. The zero-order valence-electron chi connectivity index (χ0n) is 14.3. The molecule has 3 aromatic heterocycles. The van der Waals surface area contributed by atoms with Crippen molar-refractivity contribution in [1.29, 1.82) is 0 Å². The van der Waals surface area contributed by atoms with E-state index in [-0.39, 0.29) is 0 Å². The molecule has 0 saturated carbocycles. The summed E-state index contributed by atoms with van der Waals surface area (Å²) >= 11 is 0.